The van der Waals surface area contributed by atoms with E-state index in [1.54, 1.807) is 6.20 Å². The molecule has 3 aromatic rings. The van der Waals surface area contributed by atoms with Crippen LogP contribution in [0.5, 0.6) is 0 Å². The Labute approximate surface area is 112 Å². The van der Waals surface area contributed by atoms with E-state index in [0.717, 1.165) is 11.3 Å². The zero-order chi connectivity index (χ0) is 13.1. The summed E-state index contributed by atoms with van der Waals surface area (Å²) in [6.07, 6.45) is 5.66. The summed E-state index contributed by atoms with van der Waals surface area (Å²) >= 11 is 0. The number of benzene rings is 2. The highest BCUT2D eigenvalue weighted by Gasteiger charge is 2.14. The molecule has 0 amide bonds. The first kappa shape index (κ1) is 11.5. The van der Waals surface area contributed by atoms with E-state index in [4.69, 9.17) is 5.73 Å². The summed E-state index contributed by atoms with van der Waals surface area (Å²) in [5.74, 6) is 0. The Morgan fingerprint density at radius 1 is 0.842 bits per heavy atom. The predicted octanol–water partition coefficient (Wildman–Crippen LogP) is 2.93. The average molecular weight is 247 g/mol. The lowest BCUT2D eigenvalue weighted by Crippen LogP contribution is -2.32. The second kappa shape index (κ2) is 4.94. The van der Waals surface area contributed by atoms with Gasteiger partial charge in [-0.05, 0) is 16.8 Å². The van der Waals surface area contributed by atoms with Crippen LogP contribution < -0.4 is 10.3 Å². The van der Waals surface area contributed by atoms with Crippen LogP contribution in [0.2, 0.25) is 0 Å². The number of hydrogen-bond donors (Lipinski definition) is 1. The molecule has 2 heteroatoms. The number of rotatable bonds is 2. The molecule has 0 aliphatic heterocycles. The summed E-state index contributed by atoms with van der Waals surface area (Å²) in [5, 5.41) is 2.42. The van der Waals surface area contributed by atoms with Gasteiger partial charge in [0.15, 0.2) is 12.4 Å². The molecule has 0 radical (unpaired) electrons. The van der Waals surface area contributed by atoms with E-state index < -0.39 is 0 Å². The minimum atomic E-state index is 0.984. The summed E-state index contributed by atoms with van der Waals surface area (Å²) < 4.78 is 2.03. The van der Waals surface area contributed by atoms with Gasteiger partial charge in [0.05, 0.1) is 11.8 Å². The average Bonchev–Trinajstić information content (AvgIpc) is 2.49. The minimum absolute atomic E-state index is 0.984. The molecule has 2 nitrogen and oxygen atoms in total. The van der Waals surface area contributed by atoms with Crippen LogP contribution >= 0.6 is 0 Å². The molecule has 3 rings (SSSR count). The molecule has 0 atom stereocenters. The molecule has 0 spiro atoms. The highest BCUT2D eigenvalue weighted by molar-refractivity contribution is 5.92. The van der Waals surface area contributed by atoms with E-state index >= 15 is 0 Å². The zero-order valence-corrected chi connectivity index (χ0v) is 10.5. The molecule has 1 aromatic heterocycles. The van der Waals surface area contributed by atoms with Crippen molar-refractivity contribution in [3.8, 4) is 0 Å². The van der Waals surface area contributed by atoms with Gasteiger partial charge in [-0.15, -0.1) is 0 Å². The fraction of sp³-hybridized carbons (Fsp3) is 0. The smallest absolute Gasteiger partial charge is 0.234 e. The Morgan fingerprint density at radius 2 is 1.58 bits per heavy atom. The maximum absolute atomic E-state index is 5.84. The largest absolute Gasteiger partial charge is 0.399 e. The number of fused-ring (bicyclic) bond motifs is 1. The van der Waals surface area contributed by atoms with Crippen molar-refractivity contribution in [2.45, 2.75) is 0 Å². The normalized spacial score (nSPS) is 11.7. The lowest BCUT2D eigenvalue weighted by Gasteiger charge is -2.05. The highest BCUT2D eigenvalue weighted by atomic mass is 15.0. The Kier molecular flexibility index (Phi) is 2.99. The predicted molar refractivity (Wildman–Crippen MR) is 78.1 cm³/mol. The Hall–Kier alpha value is -2.61. The highest BCUT2D eigenvalue weighted by Crippen LogP contribution is 2.22. The zero-order valence-electron chi connectivity index (χ0n) is 10.5. The van der Waals surface area contributed by atoms with Gasteiger partial charge in [0.1, 0.15) is 0 Å². The number of nitrogens with two attached hydrogens (primary N) is 1. The first-order valence-corrected chi connectivity index (χ1v) is 6.27. The van der Waals surface area contributed by atoms with Crippen molar-refractivity contribution in [3.05, 3.63) is 84.8 Å². The lowest BCUT2D eigenvalue weighted by atomic mass is 10.0. The second-order valence-electron chi connectivity index (χ2n) is 4.36. The number of pyridine rings is 1. The van der Waals surface area contributed by atoms with Crippen molar-refractivity contribution in [1.29, 1.82) is 0 Å². The first-order chi connectivity index (χ1) is 9.40. The van der Waals surface area contributed by atoms with Crippen molar-refractivity contribution >= 4 is 16.5 Å². The summed E-state index contributed by atoms with van der Waals surface area (Å²) in [6, 6.07) is 20.6. The molecule has 0 unspecified atom stereocenters. The molecule has 0 aliphatic carbocycles. The number of hydrogen-bond acceptors (Lipinski definition) is 1. The van der Waals surface area contributed by atoms with Gasteiger partial charge in [-0.3, -0.25) is 0 Å². The topological polar surface area (TPSA) is 29.9 Å². The molecular weight excluding hydrogens is 232 g/mol. The maximum Gasteiger partial charge on any atom is 0.234 e. The molecule has 2 aromatic carbocycles. The molecule has 0 saturated heterocycles. The van der Waals surface area contributed by atoms with Gasteiger partial charge in [-0.1, -0.05) is 42.5 Å². The Balaban J connectivity index is 2.24. The van der Waals surface area contributed by atoms with E-state index in [1.807, 2.05) is 41.2 Å². The molecular formula is C17H15N2+. The molecule has 92 valence electrons. The molecule has 0 bridgehead atoms. The van der Waals surface area contributed by atoms with E-state index in [2.05, 4.69) is 36.4 Å². The molecule has 0 fully saturated rings. The lowest BCUT2D eigenvalue weighted by molar-refractivity contribution is -0.579. The van der Waals surface area contributed by atoms with Gasteiger partial charge in [0.2, 0.25) is 5.70 Å². The van der Waals surface area contributed by atoms with E-state index in [0.29, 0.717) is 0 Å². The van der Waals surface area contributed by atoms with E-state index in [9.17, 15) is 0 Å². The molecule has 1 heterocycles. The molecule has 0 saturated carbocycles. The van der Waals surface area contributed by atoms with Crippen LogP contribution in [-0.4, -0.2) is 0 Å². The Bertz CT molecular complexity index is 725. The Morgan fingerprint density at radius 3 is 2.37 bits per heavy atom. The third-order valence-corrected chi connectivity index (χ3v) is 3.22. The van der Waals surface area contributed by atoms with Crippen molar-refractivity contribution < 1.29 is 4.57 Å². The number of aromatic nitrogens is 1. The summed E-state index contributed by atoms with van der Waals surface area (Å²) in [5.41, 5.74) is 7.96. The van der Waals surface area contributed by atoms with Crippen molar-refractivity contribution in [2.75, 3.05) is 0 Å². The summed E-state index contributed by atoms with van der Waals surface area (Å²) in [4.78, 5) is 0. The molecule has 19 heavy (non-hydrogen) atoms. The van der Waals surface area contributed by atoms with Gasteiger partial charge in [0, 0.05) is 12.1 Å². The van der Waals surface area contributed by atoms with E-state index in [-0.39, 0.29) is 0 Å². The summed E-state index contributed by atoms with van der Waals surface area (Å²) in [7, 11) is 0. The van der Waals surface area contributed by atoms with Crippen LogP contribution in [0.25, 0.3) is 16.5 Å². The van der Waals surface area contributed by atoms with Crippen LogP contribution in [0.4, 0.5) is 0 Å². The summed E-state index contributed by atoms with van der Waals surface area (Å²) in [6.45, 7) is 0. The van der Waals surface area contributed by atoms with Crippen LogP contribution in [-0.2, 0) is 0 Å². The van der Waals surface area contributed by atoms with Crippen LogP contribution in [0.15, 0.2) is 79.3 Å². The monoisotopic (exact) mass is 247 g/mol. The quantitative estimate of drug-likeness (QED) is 0.693. The number of nitrogens with zero attached hydrogens (tertiary/aromatic N) is 1. The fourth-order valence-corrected chi connectivity index (χ4v) is 2.32. The third-order valence-electron chi connectivity index (χ3n) is 3.22. The van der Waals surface area contributed by atoms with Crippen LogP contribution in [0.3, 0.4) is 0 Å². The second-order valence-corrected chi connectivity index (χ2v) is 4.36. The van der Waals surface area contributed by atoms with Gasteiger partial charge >= 0.3 is 0 Å². The van der Waals surface area contributed by atoms with Crippen LogP contribution in [0.1, 0.15) is 5.56 Å². The van der Waals surface area contributed by atoms with Gasteiger partial charge in [-0.2, -0.15) is 4.57 Å². The fourth-order valence-electron chi connectivity index (χ4n) is 2.32. The van der Waals surface area contributed by atoms with Gasteiger partial charge in [-0.25, -0.2) is 0 Å². The van der Waals surface area contributed by atoms with Crippen LogP contribution in [0, 0.1) is 0 Å². The molecule has 0 aliphatic rings. The van der Waals surface area contributed by atoms with Crippen molar-refractivity contribution in [1.82, 2.24) is 0 Å². The van der Waals surface area contributed by atoms with E-state index in [1.165, 1.54) is 10.8 Å². The van der Waals surface area contributed by atoms with Gasteiger partial charge in [0.25, 0.3) is 0 Å². The minimum Gasteiger partial charge on any atom is -0.399 e. The molecule has 2 N–H and O–H groups in total. The first-order valence-electron chi connectivity index (χ1n) is 6.27. The standard InChI is InChI=1S/C17H15N2/c18-13-17(19-11-4-1-5-12-19)16-10-6-8-14-7-2-3-9-15(14)16/h1-13H,18H2/q+1/b17-13-. The SMILES string of the molecule is N/C=C(/c1cccc2ccccc12)[n+]1ccccc1. The third kappa shape index (κ3) is 2.08. The van der Waals surface area contributed by atoms with Crippen molar-refractivity contribution in [2.24, 2.45) is 5.73 Å². The van der Waals surface area contributed by atoms with Crippen molar-refractivity contribution in [3.63, 3.8) is 0 Å². The maximum atomic E-state index is 5.84. The van der Waals surface area contributed by atoms with Gasteiger partial charge < -0.3 is 5.73 Å².